The van der Waals surface area contributed by atoms with Gasteiger partial charge in [-0.3, -0.25) is 9.59 Å². The van der Waals surface area contributed by atoms with Gasteiger partial charge in [-0.15, -0.1) is 0 Å². The minimum Gasteiger partial charge on any atom is -0.352 e. The number of hydrogen-bond acceptors (Lipinski definition) is 3. The zero-order valence-corrected chi connectivity index (χ0v) is 18.4. The molecule has 1 N–H and O–H groups in total. The first-order chi connectivity index (χ1) is 14.4. The molecule has 6 heteroatoms. The van der Waals surface area contributed by atoms with Gasteiger partial charge in [-0.25, -0.2) is 4.98 Å². The molecule has 1 saturated carbocycles. The zero-order chi connectivity index (χ0) is 21.5. The second-order valence-corrected chi connectivity index (χ2v) is 8.81. The van der Waals surface area contributed by atoms with E-state index in [0.717, 1.165) is 31.2 Å². The number of nitrogens with one attached hydrogen (secondary N) is 1. The summed E-state index contributed by atoms with van der Waals surface area (Å²) in [6.45, 7) is 4.51. The van der Waals surface area contributed by atoms with Crippen LogP contribution in [0.25, 0.3) is 0 Å². The molecule has 0 bridgehead atoms. The van der Waals surface area contributed by atoms with Crippen LogP contribution < -0.4 is 5.32 Å². The van der Waals surface area contributed by atoms with Gasteiger partial charge in [-0.2, -0.15) is 0 Å². The molecule has 2 aromatic rings. The van der Waals surface area contributed by atoms with E-state index in [0.29, 0.717) is 23.7 Å². The average molecular weight is 428 g/mol. The van der Waals surface area contributed by atoms with Crippen LogP contribution in [-0.2, 0) is 11.3 Å². The molecule has 1 unspecified atom stereocenters. The molecule has 1 fully saturated rings. The number of hydrogen-bond donors (Lipinski definition) is 1. The Morgan fingerprint density at radius 1 is 1.13 bits per heavy atom. The molecular formula is C24H30ClN3O2. The topological polar surface area (TPSA) is 62.3 Å². The third kappa shape index (κ3) is 6.05. The number of rotatable bonds is 8. The van der Waals surface area contributed by atoms with Crippen LogP contribution in [0.15, 0.2) is 48.7 Å². The van der Waals surface area contributed by atoms with Gasteiger partial charge < -0.3 is 10.2 Å². The molecule has 0 radical (unpaired) electrons. The summed E-state index contributed by atoms with van der Waals surface area (Å²) in [6.07, 6.45) is 6.37. The lowest BCUT2D eigenvalue weighted by Crippen LogP contribution is -2.51. The van der Waals surface area contributed by atoms with Crippen LogP contribution in [0.4, 0.5) is 0 Å². The van der Waals surface area contributed by atoms with Crippen molar-refractivity contribution in [2.75, 3.05) is 0 Å². The molecule has 1 aromatic heterocycles. The molecule has 1 aliphatic rings. The van der Waals surface area contributed by atoms with E-state index in [1.807, 2.05) is 30.3 Å². The van der Waals surface area contributed by atoms with Crippen LogP contribution in [0, 0.1) is 5.92 Å². The Balaban J connectivity index is 1.91. The second-order valence-electron chi connectivity index (χ2n) is 8.42. The Labute approximate surface area is 183 Å². The van der Waals surface area contributed by atoms with Crippen molar-refractivity contribution in [1.29, 1.82) is 0 Å². The van der Waals surface area contributed by atoms with Gasteiger partial charge in [-0.05, 0) is 42.9 Å². The van der Waals surface area contributed by atoms with Gasteiger partial charge >= 0.3 is 0 Å². The van der Waals surface area contributed by atoms with Crippen molar-refractivity contribution in [1.82, 2.24) is 15.2 Å². The van der Waals surface area contributed by atoms with E-state index in [1.54, 1.807) is 17.0 Å². The predicted octanol–water partition coefficient (Wildman–Crippen LogP) is 4.85. The van der Waals surface area contributed by atoms with Gasteiger partial charge in [0.15, 0.2) is 0 Å². The van der Waals surface area contributed by atoms with Gasteiger partial charge in [0, 0.05) is 18.8 Å². The van der Waals surface area contributed by atoms with Crippen molar-refractivity contribution < 1.29 is 9.59 Å². The van der Waals surface area contributed by atoms with E-state index in [2.05, 4.69) is 24.1 Å². The molecule has 0 aliphatic heterocycles. The molecule has 3 rings (SSSR count). The Hall–Kier alpha value is -2.40. The molecule has 0 spiro atoms. The monoisotopic (exact) mass is 427 g/mol. The fraction of sp³-hybridized carbons (Fsp3) is 0.458. The van der Waals surface area contributed by atoms with E-state index in [-0.39, 0.29) is 23.8 Å². The first kappa shape index (κ1) is 22.3. The zero-order valence-electron chi connectivity index (χ0n) is 17.7. The lowest BCUT2D eigenvalue weighted by atomic mass is 9.99. The third-order valence-electron chi connectivity index (χ3n) is 5.51. The fourth-order valence-electron chi connectivity index (χ4n) is 3.96. The first-order valence-corrected chi connectivity index (χ1v) is 11.1. The maximum Gasteiger partial charge on any atom is 0.256 e. The summed E-state index contributed by atoms with van der Waals surface area (Å²) in [5.74, 6) is -0.0178. The Morgan fingerprint density at radius 3 is 2.43 bits per heavy atom. The van der Waals surface area contributed by atoms with E-state index in [1.165, 1.54) is 6.20 Å². The van der Waals surface area contributed by atoms with E-state index in [9.17, 15) is 9.59 Å². The molecule has 1 aliphatic carbocycles. The maximum atomic E-state index is 13.5. The van der Waals surface area contributed by atoms with Crippen LogP contribution in [0.2, 0.25) is 5.15 Å². The lowest BCUT2D eigenvalue weighted by Gasteiger charge is -2.33. The van der Waals surface area contributed by atoms with Crippen molar-refractivity contribution in [3.63, 3.8) is 0 Å². The molecule has 1 atom stereocenters. The summed E-state index contributed by atoms with van der Waals surface area (Å²) in [7, 11) is 0. The van der Waals surface area contributed by atoms with Crippen LogP contribution in [0.1, 0.15) is 61.9 Å². The van der Waals surface area contributed by atoms with Crippen molar-refractivity contribution in [3.05, 3.63) is 64.9 Å². The normalized spacial score (nSPS) is 15.2. The average Bonchev–Trinajstić information content (AvgIpc) is 3.24. The minimum absolute atomic E-state index is 0.0678. The molecular weight excluding hydrogens is 398 g/mol. The van der Waals surface area contributed by atoms with Crippen LogP contribution in [-0.4, -0.2) is 33.8 Å². The summed E-state index contributed by atoms with van der Waals surface area (Å²) in [5.41, 5.74) is 1.41. The van der Waals surface area contributed by atoms with Crippen LogP contribution >= 0.6 is 11.6 Å². The lowest BCUT2D eigenvalue weighted by molar-refractivity contribution is -0.127. The molecule has 1 heterocycles. The minimum atomic E-state index is -0.547. The highest BCUT2D eigenvalue weighted by atomic mass is 35.5. The summed E-state index contributed by atoms with van der Waals surface area (Å²) in [4.78, 5) is 32.5. The molecule has 5 nitrogen and oxygen atoms in total. The first-order valence-electron chi connectivity index (χ1n) is 10.7. The molecule has 1 aromatic carbocycles. The van der Waals surface area contributed by atoms with Gasteiger partial charge in [0.05, 0.1) is 5.56 Å². The SMILES string of the molecule is CC(C)CC(C(=O)NC1CCCC1)N(Cc1ccccc1)C(=O)c1ccc(Cl)nc1. The fourth-order valence-corrected chi connectivity index (χ4v) is 4.07. The number of amides is 2. The summed E-state index contributed by atoms with van der Waals surface area (Å²) < 4.78 is 0. The van der Waals surface area contributed by atoms with E-state index >= 15 is 0 Å². The van der Waals surface area contributed by atoms with Crippen LogP contribution in [0.3, 0.4) is 0 Å². The predicted molar refractivity (Wildman–Crippen MR) is 119 cm³/mol. The van der Waals surface area contributed by atoms with E-state index in [4.69, 9.17) is 11.6 Å². The molecule has 160 valence electrons. The Kier molecular flexibility index (Phi) is 7.86. The third-order valence-corrected chi connectivity index (χ3v) is 5.73. The van der Waals surface area contributed by atoms with E-state index < -0.39 is 6.04 Å². The van der Waals surface area contributed by atoms with Crippen LogP contribution in [0.5, 0.6) is 0 Å². The Bertz CT molecular complexity index is 833. The second kappa shape index (κ2) is 10.6. The van der Waals surface area contributed by atoms with Gasteiger partial charge in [0.25, 0.3) is 5.91 Å². The maximum absolute atomic E-state index is 13.5. The number of pyridine rings is 1. The van der Waals surface area contributed by atoms with Gasteiger partial charge in [-0.1, -0.05) is 68.6 Å². The molecule has 2 amide bonds. The standard InChI is InChI=1S/C24H30ClN3O2/c1-17(2)14-21(23(29)27-20-10-6-7-11-20)28(16-18-8-4-3-5-9-18)24(30)19-12-13-22(25)26-15-19/h3-5,8-9,12-13,15,17,20-21H,6-7,10-11,14,16H2,1-2H3,(H,27,29). The number of aromatic nitrogens is 1. The van der Waals surface area contributed by atoms with Crippen molar-refractivity contribution >= 4 is 23.4 Å². The molecule has 30 heavy (non-hydrogen) atoms. The number of benzene rings is 1. The Morgan fingerprint density at radius 2 is 1.83 bits per heavy atom. The van der Waals surface area contributed by atoms with Crippen molar-refractivity contribution in [2.24, 2.45) is 5.92 Å². The summed E-state index contributed by atoms with van der Waals surface area (Å²) >= 11 is 5.90. The summed E-state index contributed by atoms with van der Waals surface area (Å²) in [6, 6.07) is 12.7. The smallest absolute Gasteiger partial charge is 0.256 e. The summed E-state index contributed by atoms with van der Waals surface area (Å²) in [5, 5.41) is 3.53. The number of carbonyl (C=O) groups excluding carboxylic acids is 2. The van der Waals surface area contributed by atoms with Gasteiger partial charge in [0.1, 0.15) is 11.2 Å². The van der Waals surface area contributed by atoms with Gasteiger partial charge in [0.2, 0.25) is 5.91 Å². The quantitative estimate of drug-likeness (QED) is 0.612. The highest BCUT2D eigenvalue weighted by Crippen LogP contribution is 2.22. The largest absolute Gasteiger partial charge is 0.352 e. The van der Waals surface area contributed by atoms with Crippen molar-refractivity contribution in [2.45, 2.75) is 64.6 Å². The number of halogens is 1. The highest BCUT2D eigenvalue weighted by Gasteiger charge is 2.33. The highest BCUT2D eigenvalue weighted by molar-refractivity contribution is 6.29. The number of nitrogens with zero attached hydrogens (tertiary/aromatic N) is 2. The van der Waals surface area contributed by atoms with Crippen molar-refractivity contribution in [3.8, 4) is 0 Å². The number of carbonyl (C=O) groups is 2. The molecule has 0 saturated heterocycles.